The fourth-order valence-corrected chi connectivity index (χ4v) is 3.48. The third-order valence-corrected chi connectivity index (χ3v) is 4.77. The van der Waals surface area contributed by atoms with Gasteiger partial charge in [-0.15, -0.1) is 0 Å². The topological polar surface area (TPSA) is 81.7 Å². The van der Waals surface area contributed by atoms with E-state index in [2.05, 4.69) is 0 Å². The third-order valence-electron chi connectivity index (χ3n) is 4.77. The highest BCUT2D eigenvalue weighted by atomic mass is 16.7. The van der Waals surface area contributed by atoms with E-state index in [1.807, 2.05) is 0 Å². The van der Waals surface area contributed by atoms with E-state index in [-0.39, 0.29) is 19.0 Å². The Labute approximate surface area is 161 Å². The van der Waals surface area contributed by atoms with Crippen molar-refractivity contribution in [3.63, 3.8) is 0 Å². The van der Waals surface area contributed by atoms with Crippen molar-refractivity contribution in [3.8, 4) is 40.2 Å². The number of carbonyl (C=O) groups is 1. The van der Waals surface area contributed by atoms with Crippen molar-refractivity contribution in [3.05, 3.63) is 29.3 Å². The molecule has 2 aliphatic heterocycles. The van der Waals surface area contributed by atoms with Gasteiger partial charge in [0, 0.05) is 11.6 Å². The van der Waals surface area contributed by atoms with Gasteiger partial charge in [-0.1, -0.05) is 0 Å². The minimum Gasteiger partial charge on any atom is -0.493 e. The Hall–Kier alpha value is -3.29. The predicted octanol–water partition coefficient (Wildman–Crippen LogP) is 3.16. The zero-order valence-electron chi connectivity index (χ0n) is 16.0. The summed E-state index contributed by atoms with van der Waals surface area (Å²) >= 11 is 0. The van der Waals surface area contributed by atoms with Gasteiger partial charge in [0.2, 0.25) is 18.3 Å². The standard InChI is InChI=1S/C20H20O8/c1-22-14-5-10(6-16-18(14)27-9-26-16)12-7-11(21)17-13(28-12)8-15(23-2)19(24-3)20(17)25-4/h5-6,8,12H,7,9H2,1-4H3/t12-/m0/s1. The Kier molecular flexibility index (Phi) is 4.54. The van der Waals surface area contributed by atoms with Crippen LogP contribution in [-0.4, -0.2) is 41.0 Å². The fourth-order valence-electron chi connectivity index (χ4n) is 3.48. The summed E-state index contributed by atoms with van der Waals surface area (Å²) in [6, 6.07) is 5.21. The molecule has 0 fully saturated rings. The molecule has 4 rings (SSSR count). The Morgan fingerprint density at radius 1 is 0.857 bits per heavy atom. The van der Waals surface area contributed by atoms with E-state index < -0.39 is 6.10 Å². The van der Waals surface area contributed by atoms with Crippen molar-refractivity contribution in [2.75, 3.05) is 35.2 Å². The quantitative estimate of drug-likeness (QED) is 0.773. The minimum absolute atomic E-state index is 0.122. The first-order chi connectivity index (χ1) is 13.6. The highest BCUT2D eigenvalue weighted by Crippen LogP contribution is 2.50. The molecule has 0 bridgehead atoms. The average Bonchev–Trinajstić information content (AvgIpc) is 3.19. The molecule has 8 heteroatoms. The summed E-state index contributed by atoms with van der Waals surface area (Å²) in [6.45, 7) is 0.122. The summed E-state index contributed by atoms with van der Waals surface area (Å²) in [5.41, 5.74) is 1.08. The summed E-state index contributed by atoms with van der Waals surface area (Å²) in [5.74, 6) is 2.93. The van der Waals surface area contributed by atoms with E-state index in [1.54, 1.807) is 25.3 Å². The lowest BCUT2D eigenvalue weighted by atomic mass is 9.94. The van der Waals surface area contributed by atoms with E-state index >= 15 is 0 Å². The Bertz CT molecular complexity index is 937. The molecule has 0 aliphatic carbocycles. The highest BCUT2D eigenvalue weighted by Gasteiger charge is 2.35. The number of Topliss-reactive ketones (excluding diaryl/α,β-unsaturated/α-hetero) is 1. The van der Waals surface area contributed by atoms with Gasteiger partial charge in [-0.2, -0.15) is 0 Å². The van der Waals surface area contributed by atoms with Gasteiger partial charge in [0.1, 0.15) is 17.4 Å². The molecular weight excluding hydrogens is 368 g/mol. The van der Waals surface area contributed by atoms with Crippen LogP contribution < -0.4 is 33.2 Å². The van der Waals surface area contributed by atoms with Crippen LogP contribution in [0.5, 0.6) is 40.2 Å². The second-order valence-corrected chi connectivity index (χ2v) is 6.21. The smallest absolute Gasteiger partial charge is 0.231 e. The molecule has 0 saturated carbocycles. The maximum atomic E-state index is 13.0. The SMILES string of the molecule is COc1cc([C@@H]2CC(=O)c3c(cc(OC)c(OC)c3OC)O2)cc2c1OCO2. The Morgan fingerprint density at radius 2 is 1.61 bits per heavy atom. The molecule has 1 atom stereocenters. The first kappa shape index (κ1) is 18.1. The van der Waals surface area contributed by atoms with Gasteiger partial charge in [-0.25, -0.2) is 0 Å². The van der Waals surface area contributed by atoms with Crippen molar-refractivity contribution >= 4 is 5.78 Å². The molecule has 148 valence electrons. The third kappa shape index (κ3) is 2.72. The molecule has 2 aromatic rings. The molecule has 2 heterocycles. The first-order valence-electron chi connectivity index (χ1n) is 8.61. The Morgan fingerprint density at radius 3 is 2.29 bits per heavy atom. The lowest BCUT2D eigenvalue weighted by Gasteiger charge is -2.28. The summed E-state index contributed by atoms with van der Waals surface area (Å²) in [6.07, 6.45) is -0.395. The molecule has 2 aliphatic rings. The van der Waals surface area contributed by atoms with Gasteiger partial charge in [0.15, 0.2) is 28.8 Å². The van der Waals surface area contributed by atoms with Crippen molar-refractivity contribution < 1.29 is 38.0 Å². The lowest BCUT2D eigenvalue weighted by molar-refractivity contribution is 0.0841. The molecule has 8 nitrogen and oxygen atoms in total. The second-order valence-electron chi connectivity index (χ2n) is 6.21. The van der Waals surface area contributed by atoms with Crippen LogP contribution in [0.4, 0.5) is 0 Å². The number of methoxy groups -OCH3 is 4. The van der Waals surface area contributed by atoms with Gasteiger partial charge < -0.3 is 33.2 Å². The lowest BCUT2D eigenvalue weighted by Crippen LogP contribution is -2.21. The summed E-state index contributed by atoms with van der Waals surface area (Å²) < 4.78 is 38.6. The van der Waals surface area contributed by atoms with Crippen LogP contribution in [0.2, 0.25) is 0 Å². The molecule has 0 amide bonds. The van der Waals surface area contributed by atoms with Gasteiger partial charge in [-0.3, -0.25) is 4.79 Å². The molecular formula is C20H20O8. The van der Waals surface area contributed by atoms with Crippen LogP contribution in [0.25, 0.3) is 0 Å². The van der Waals surface area contributed by atoms with Gasteiger partial charge in [-0.05, 0) is 12.1 Å². The fraction of sp³-hybridized carbons (Fsp3) is 0.350. The number of ether oxygens (including phenoxy) is 7. The molecule has 28 heavy (non-hydrogen) atoms. The van der Waals surface area contributed by atoms with Crippen LogP contribution in [0.3, 0.4) is 0 Å². The summed E-state index contributed by atoms with van der Waals surface area (Å²) in [5, 5.41) is 0. The molecule has 0 saturated heterocycles. The van der Waals surface area contributed by atoms with Gasteiger partial charge >= 0.3 is 0 Å². The number of carbonyl (C=O) groups excluding carboxylic acids is 1. The molecule has 0 spiro atoms. The Balaban J connectivity index is 1.78. The number of hydrogen-bond acceptors (Lipinski definition) is 8. The van der Waals surface area contributed by atoms with Gasteiger partial charge in [0.05, 0.1) is 34.9 Å². The zero-order valence-corrected chi connectivity index (χ0v) is 16.0. The van der Waals surface area contributed by atoms with Crippen LogP contribution in [0, 0.1) is 0 Å². The summed E-state index contributed by atoms with van der Waals surface area (Å²) in [4.78, 5) is 13.0. The van der Waals surface area contributed by atoms with E-state index in [4.69, 9.17) is 33.2 Å². The molecule has 2 aromatic carbocycles. The van der Waals surface area contributed by atoms with E-state index in [0.29, 0.717) is 45.8 Å². The minimum atomic E-state index is -0.522. The van der Waals surface area contributed by atoms with Crippen LogP contribution in [0.15, 0.2) is 18.2 Å². The highest BCUT2D eigenvalue weighted by molar-refractivity contribution is 6.04. The van der Waals surface area contributed by atoms with Crippen molar-refractivity contribution in [1.29, 1.82) is 0 Å². The van der Waals surface area contributed by atoms with Crippen LogP contribution in [0.1, 0.15) is 28.4 Å². The van der Waals surface area contributed by atoms with E-state index in [9.17, 15) is 4.79 Å². The van der Waals surface area contributed by atoms with Crippen molar-refractivity contribution in [1.82, 2.24) is 0 Å². The van der Waals surface area contributed by atoms with Crippen molar-refractivity contribution in [2.45, 2.75) is 12.5 Å². The second kappa shape index (κ2) is 7.03. The average molecular weight is 388 g/mol. The summed E-state index contributed by atoms with van der Waals surface area (Å²) in [7, 11) is 6.02. The van der Waals surface area contributed by atoms with Gasteiger partial charge in [0.25, 0.3) is 0 Å². The number of rotatable bonds is 5. The first-order valence-corrected chi connectivity index (χ1v) is 8.61. The zero-order chi connectivity index (χ0) is 19.8. The normalized spacial score (nSPS) is 16.9. The number of benzene rings is 2. The number of hydrogen-bond donors (Lipinski definition) is 0. The largest absolute Gasteiger partial charge is 0.493 e. The number of fused-ring (bicyclic) bond motifs is 2. The van der Waals surface area contributed by atoms with Crippen LogP contribution in [-0.2, 0) is 0 Å². The molecule has 0 N–H and O–H groups in total. The van der Waals surface area contributed by atoms with Crippen LogP contribution >= 0.6 is 0 Å². The molecule has 0 unspecified atom stereocenters. The monoisotopic (exact) mass is 388 g/mol. The van der Waals surface area contributed by atoms with E-state index in [1.165, 1.54) is 21.3 Å². The molecule has 0 aromatic heterocycles. The number of ketones is 1. The van der Waals surface area contributed by atoms with Crippen molar-refractivity contribution in [2.24, 2.45) is 0 Å². The predicted molar refractivity (Wildman–Crippen MR) is 97.5 cm³/mol. The van der Waals surface area contributed by atoms with E-state index in [0.717, 1.165) is 5.56 Å². The molecule has 0 radical (unpaired) electrons. The maximum absolute atomic E-state index is 13.0. The maximum Gasteiger partial charge on any atom is 0.231 e.